The highest BCUT2D eigenvalue weighted by atomic mass is 32.2. The quantitative estimate of drug-likeness (QED) is 0.797. The lowest BCUT2D eigenvalue weighted by Gasteiger charge is -2.10. The topological polar surface area (TPSA) is 63.4 Å². The Morgan fingerprint density at radius 2 is 1.94 bits per heavy atom. The Morgan fingerprint density at radius 1 is 1.31 bits per heavy atom. The minimum atomic E-state index is -3.19. The zero-order chi connectivity index (χ0) is 12.3. The Balaban J connectivity index is 2.94. The summed E-state index contributed by atoms with van der Waals surface area (Å²) < 4.78 is 23.9. The van der Waals surface area contributed by atoms with Gasteiger partial charge in [0.05, 0.1) is 10.6 Å². The summed E-state index contributed by atoms with van der Waals surface area (Å²) in [7, 11) is 0.510. The molecule has 0 spiro atoms. The summed E-state index contributed by atoms with van der Waals surface area (Å²) in [6, 6.07) is 4.82. The maximum Gasteiger partial charge on any atom is 0.179 e. The first-order chi connectivity index (χ1) is 7.33. The number of benzene rings is 1. The van der Waals surface area contributed by atoms with Crippen LogP contribution in [0, 0.1) is 6.92 Å². The second-order valence-corrected chi connectivity index (χ2v) is 6.25. The molecule has 90 valence electrons. The van der Waals surface area contributed by atoms with Gasteiger partial charge >= 0.3 is 0 Å². The molecule has 0 fully saturated rings. The zero-order valence-electron chi connectivity index (χ0n) is 9.90. The van der Waals surface area contributed by atoms with Crippen molar-refractivity contribution in [1.82, 2.24) is 4.90 Å². The molecule has 0 amide bonds. The van der Waals surface area contributed by atoms with Crippen LogP contribution in [0.1, 0.15) is 5.56 Å². The van der Waals surface area contributed by atoms with E-state index in [0.717, 1.165) is 5.56 Å². The molecule has 0 atom stereocenters. The fraction of sp³-hybridized carbons (Fsp3) is 0.455. The first kappa shape index (κ1) is 13.0. The van der Waals surface area contributed by atoms with Crippen LogP contribution in [0.5, 0.6) is 0 Å². The molecule has 0 aromatic heterocycles. The molecule has 0 bridgehead atoms. The van der Waals surface area contributed by atoms with E-state index in [-0.39, 0.29) is 5.75 Å². The second-order valence-electron chi connectivity index (χ2n) is 4.14. The van der Waals surface area contributed by atoms with Crippen molar-refractivity contribution < 1.29 is 8.42 Å². The van der Waals surface area contributed by atoms with Gasteiger partial charge in [-0.15, -0.1) is 0 Å². The van der Waals surface area contributed by atoms with Crippen LogP contribution in [0.15, 0.2) is 23.1 Å². The molecule has 1 rings (SSSR count). The molecule has 1 aromatic carbocycles. The molecule has 0 aliphatic carbocycles. The van der Waals surface area contributed by atoms with Crippen LogP contribution in [0.4, 0.5) is 5.69 Å². The smallest absolute Gasteiger partial charge is 0.179 e. The Hall–Kier alpha value is -1.07. The molecule has 5 heteroatoms. The molecule has 0 heterocycles. The van der Waals surface area contributed by atoms with Gasteiger partial charge in [0.25, 0.3) is 0 Å². The SMILES string of the molecule is Cc1cc(S(=O)(=O)CCN(C)C)ccc1N. The summed E-state index contributed by atoms with van der Waals surface area (Å²) in [5.74, 6) is 0.128. The number of sulfone groups is 1. The van der Waals surface area contributed by atoms with Gasteiger partial charge in [-0.25, -0.2) is 8.42 Å². The van der Waals surface area contributed by atoms with Crippen LogP contribution < -0.4 is 5.73 Å². The van der Waals surface area contributed by atoms with Gasteiger partial charge in [0.1, 0.15) is 0 Å². The van der Waals surface area contributed by atoms with Gasteiger partial charge in [-0.1, -0.05) is 0 Å². The third-order valence-corrected chi connectivity index (χ3v) is 4.10. The first-order valence-electron chi connectivity index (χ1n) is 5.06. The molecule has 2 N–H and O–H groups in total. The number of aryl methyl sites for hydroxylation is 1. The van der Waals surface area contributed by atoms with Gasteiger partial charge in [-0.3, -0.25) is 0 Å². The van der Waals surface area contributed by atoms with Crippen LogP contribution in [0.3, 0.4) is 0 Å². The van der Waals surface area contributed by atoms with Gasteiger partial charge in [-0.2, -0.15) is 0 Å². The van der Waals surface area contributed by atoms with E-state index in [2.05, 4.69) is 0 Å². The number of hydrogen-bond acceptors (Lipinski definition) is 4. The highest BCUT2D eigenvalue weighted by Gasteiger charge is 2.15. The van der Waals surface area contributed by atoms with Crippen molar-refractivity contribution in [3.8, 4) is 0 Å². The molecule has 0 saturated heterocycles. The minimum Gasteiger partial charge on any atom is -0.399 e. The second kappa shape index (κ2) is 4.84. The molecule has 0 saturated carbocycles. The van der Waals surface area contributed by atoms with Gasteiger partial charge in [-0.05, 0) is 44.8 Å². The van der Waals surface area contributed by atoms with E-state index in [0.29, 0.717) is 17.1 Å². The summed E-state index contributed by atoms with van der Waals surface area (Å²) >= 11 is 0. The predicted molar refractivity (Wildman–Crippen MR) is 66.2 cm³/mol. The number of hydrogen-bond donors (Lipinski definition) is 1. The van der Waals surface area contributed by atoms with E-state index in [1.54, 1.807) is 25.1 Å². The molecular formula is C11H18N2O2S. The first-order valence-corrected chi connectivity index (χ1v) is 6.72. The van der Waals surface area contributed by atoms with Crippen molar-refractivity contribution in [3.63, 3.8) is 0 Å². The van der Waals surface area contributed by atoms with Crippen LogP contribution in [-0.4, -0.2) is 39.7 Å². The molecule has 0 radical (unpaired) electrons. The summed E-state index contributed by atoms with van der Waals surface area (Å²) in [5.41, 5.74) is 7.07. The summed E-state index contributed by atoms with van der Waals surface area (Å²) in [4.78, 5) is 2.20. The molecule has 0 aliphatic heterocycles. The third-order valence-electron chi connectivity index (χ3n) is 2.41. The summed E-state index contributed by atoms with van der Waals surface area (Å²) in [6.45, 7) is 2.33. The lowest BCUT2D eigenvalue weighted by Crippen LogP contribution is -2.22. The van der Waals surface area contributed by atoms with Crippen molar-refractivity contribution >= 4 is 15.5 Å². The van der Waals surface area contributed by atoms with Gasteiger partial charge in [0, 0.05) is 12.2 Å². The summed E-state index contributed by atoms with van der Waals surface area (Å²) in [6.07, 6.45) is 0. The molecule has 0 aliphatic rings. The van der Waals surface area contributed by atoms with E-state index in [4.69, 9.17) is 5.73 Å². The van der Waals surface area contributed by atoms with Crippen molar-refractivity contribution in [1.29, 1.82) is 0 Å². The predicted octanol–water partition coefficient (Wildman–Crippen LogP) is 0.913. The van der Waals surface area contributed by atoms with Crippen LogP contribution >= 0.6 is 0 Å². The monoisotopic (exact) mass is 242 g/mol. The Kier molecular flexibility index (Phi) is 3.93. The van der Waals surface area contributed by atoms with Crippen molar-refractivity contribution in [2.24, 2.45) is 0 Å². The van der Waals surface area contributed by atoms with Crippen molar-refractivity contribution in [2.45, 2.75) is 11.8 Å². The van der Waals surface area contributed by atoms with Gasteiger partial charge in [0.15, 0.2) is 9.84 Å². The minimum absolute atomic E-state index is 0.128. The van der Waals surface area contributed by atoms with E-state index in [1.807, 2.05) is 19.0 Å². The zero-order valence-corrected chi connectivity index (χ0v) is 10.7. The molecule has 16 heavy (non-hydrogen) atoms. The molecular weight excluding hydrogens is 224 g/mol. The van der Waals surface area contributed by atoms with Crippen molar-refractivity contribution in [3.05, 3.63) is 23.8 Å². The third kappa shape index (κ3) is 3.21. The van der Waals surface area contributed by atoms with Gasteiger partial charge < -0.3 is 10.6 Å². The maximum atomic E-state index is 11.9. The van der Waals surface area contributed by atoms with Crippen LogP contribution in [0.2, 0.25) is 0 Å². The van der Waals surface area contributed by atoms with Gasteiger partial charge in [0.2, 0.25) is 0 Å². The van der Waals surface area contributed by atoms with E-state index >= 15 is 0 Å². The Bertz CT molecular complexity index is 467. The highest BCUT2D eigenvalue weighted by molar-refractivity contribution is 7.91. The number of nitrogen functional groups attached to an aromatic ring is 1. The fourth-order valence-electron chi connectivity index (χ4n) is 1.26. The Labute approximate surface area is 97.0 Å². The normalized spacial score (nSPS) is 12.0. The van der Waals surface area contributed by atoms with Crippen LogP contribution in [0.25, 0.3) is 0 Å². The lowest BCUT2D eigenvalue weighted by molar-refractivity contribution is 0.432. The van der Waals surface area contributed by atoms with E-state index in [9.17, 15) is 8.42 Å². The lowest BCUT2D eigenvalue weighted by atomic mass is 10.2. The number of anilines is 1. The number of nitrogens with zero attached hydrogens (tertiary/aromatic N) is 1. The van der Waals surface area contributed by atoms with E-state index in [1.165, 1.54) is 0 Å². The largest absolute Gasteiger partial charge is 0.399 e. The molecule has 0 unspecified atom stereocenters. The average molecular weight is 242 g/mol. The highest BCUT2D eigenvalue weighted by Crippen LogP contribution is 2.17. The maximum absolute atomic E-state index is 11.9. The number of nitrogens with two attached hydrogens (primary N) is 1. The van der Waals surface area contributed by atoms with Crippen LogP contribution in [-0.2, 0) is 9.84 Å². The van der Waals surface area contributed by atoms with E-state index < -0.39 is 9.84 Å². The van der Waals surface area contributed by atoms with Crippen molar-refractivity contribution in [2.75, 3.05) is 32.1 Å². The molecule has 4 nitrogen and oxygen atoms in total. The number of rotatable bonds is 4. The standard InChI is InChI=1S/C11H18N2O2S/c1-9-8-10(4-5-11(9)12)16(14,15)7-6-13(2)3/h4-5,8H,6-7,12H2,1-3H3. The average Bonchev–Trinajstić information content (AvgIpc) is 2.19. The fourth-order valence-corrected chi connectivity index (χ4v) is 2.74. The summed E-state index contributed by atoms with van der Waals surface area (Å²) in [5, 5.41) is 0. The molecule has 1 aromatic rings. The Morgan fingerprint density at radius 3 is 2.44 bits per heavy atom.